The van der Waals surface area contributed by atoms with Gasteiger partial charge >= 0.3 is 5.97 Å². The van der Waals surface area contributed by atoms with Crippen LogP contribution in [0.25, 0.3) is 11.3 Å². The highest BCUT2D eigenvalue weighted by Gasteiger charge is 2.42. The molecule has 0 radical (unpaired) electrons. The average molecular weight is 499 g/mol. The van der Waals surface area contributed by atoms with E-state index in [4.69, 9.17) is 14.4 Å². The van der Waals surface area contributed by atoms with Crippen LogP contribution >= 0.6 is 0 Å². The van der Waals surface area contributed by atoms with E-state index in [-0.39, 0.29) is 47.5 Å². The van der Waals surface area contributed by atoms with Gasteiger partial charge in [0.25, 0.3) is 0 Å². The Hall–Kier alpha value is -3.33. The van der Waals surface area contributed by atoms with Crippen LogP contribution in [0.2, 0.25) is 0 Å². The molecule has 2 saturated heterocycles. The quantitative estimate of drug-likeness (QED) is 0.427. The number of ether oxygens (including phenoxy) is 1. The van der Waals surface area contributed by atoms with Crippen molar-refractivity contribution in [1.29, 1.82) is 0 Å². The van der Waals surface area contributed by atoms with E-state index >= 15 is 0 Å². The summed E-state index contributed by atoms with van der Waals surface area (Å²) in [6.07, 6.45) is 4.88. The Kier molecular flexibility index (Phi) is 5.75. The summed E-state index contributed by atoms with van der Waals surface area (Å²) in [5.41, 5.74) is 0.865. The van der Waals surface area contributed by atoms with E-state index in [2.05, 4.69) is 10.1 Å². The second-order valence-corrected chi connectivity index (χ2v) is 9.91. The molecule has 3 aliphatic rings. The summed E-state index contributed by atoms with van der Waals surface area (Å²) in [6, 6.07) is 7.87. The molecule has 36 heavy (non-hydrogen) atoms. The van der Waals surface area contributed by atoms with Crippen molar-refractivity contribution in [2.24, 2.45) is 0 Å². The number of nitrogens with zero attached hydrogens (tertiary/aromatic N) is 2. The number of carbonyl (C=O) groups is 1. The number of piperidine rings is 1. The second kappa shape index (κ2) is 8.96. The smallest absolute Gasteiger partial charge is 0.335 e. The molecule has 1 N–H and O–H groups in total. The summed E-state index contributed by atoms with van der Waals surface area (Å²) in [6.45, 7) is 0.129. The zero-order valence-corrected chi connectivity index (χ0v) is 19.4. The predicted octanol–water partition coefficient (Wildman–Crippen LogP) is 6.05. The summed E-state index contributed by atoms with van der Waals surface area (Å²) >= 11 is 0. The van der Waals surface area contributed by atoms with Crippen molar-refractivity contribution in [3.63, 3.8) is 0 Å². The molecule has 2 aliphatic heterocycles. The molecule has 9 heteroatoms. The van der Waals surface area contributed by atoms with Crippen molar-refractivity contribution in [1.82, 2.24) is 5.16 Å². The molecule has 188 valence electrons. The maximum absolute atomic E-state index is 14.8. The van der Waals surface area contributed by atoms with Crippen molar-refractivity contribution in [3.8, 4) is 11.3 Å². The zero-order chi connectivity index (χ0) is 25.0. The first-order valence-electron chi connectivity index (χ1n) is 12.3. The molecular weight excluding hydrogens is 473 g/mol. The van der Waals surface area contributed by atoms with Gasteiger partial charge in [-0.1, -0.05) is 11.2 Å². The standard InChI is InChI=1S/C27H25F3N2O4/c28-20-2-1-3-21(29)24(20)25-19(26(36-31-25)14-4-5-14)13-35-18-11-16-7-8-17(12-18)32(16)23-9-6-15(27(33)34)10-22(23)30/h1-3,6,9-10,14,16-18H,4-5,7-8,11-13H2,(H,33,34). The highest BCUT2D eigenvalue weighted by atomic mass is 19.1. The number of benzene rings is 2. The average Bonchev–Trinajstić information content (AvgIpc) is 3.56. The molecule has 3 aromatic rings. The summed E-state index contributed by atoms with van der Waals surface area (Å²) < 4.78 is 55.7. The molecular formula is C27H25F3N2O4. The van der Waals surface area contributed by atoms with Crippen LogP contribution in [0, 0.1) is 17.5 Å². The van der Waals surface area contributed by atoms with Gasteiger partial charge in [0.05, 0.1) is 29.5 Å². The maximum Gasteiger partial charge on any atom is 0.335 e. The van der Waals surface area contributed by atoms with E-state index in [1.54, 1.807) is 6.07 Å². The lowest BCUT2D eigenvalue weighted by molar-refractivity contribution is 0.0146. The van der Waals surface area contributed by atoms with Crippen molar-refractivity contribution >= 4 is 11.7 Å². The highest BCUT2D eigenvalue weighted by Crippen LogP contribution is 2.46. The Morgan fingerprint density at radius 1 is 1.03 bits per heavy atom. The van der Waals surface area contributed by atoms with Gasteiger partial charge in [0.2, 0.25) is 0 Å². The number of carboxylic acids is 1. The van der Waals surface area contributed by atoms with Gasteiger partial charge in [0.15, 0.2) is 0 Å². The molecule has 3 heterocycles. The van der Waals surface area contributed by atoms with Gasteiger partial charge in [-0.2, -0.15) is 0 Å². The molecule has 0 amide bonds. The number of rotatable bonds is 7. The third-order valence-corrected chi connectivity index (χ3v) is 7.59. The fourth-order valence-electron chi connectivity index (χ4n) is 5.76. The van der Waals surface area contributed by atoms with Crippen LogP contribution in [-0.2, 0) is 11.3 Å². The lowest BCUT2D eigenvalue weighted by Gasteiger charge is -2.40. The minimum atomic E-state index is -1.16. The van der Waals surface area contributed by atoms with Crippen LogP contribution < -0.4 is 4.90 Å². The normalized spacial score (nSPS) is 23.3. The van der Waals surface area contributed by atoms with Crippen LogP contribution in [0.4, 0.5) is 18.9 Å². The van der Waals surface area contributed by atoms with Gasteiger partial charge in [-0.05, 0) is 68.9 Å². The molecule has 2 aromatic carbocycles. The third kappa shape index (κ3) is 4.05. The maximum atomic E-state index is 14.8. The Morgan fingerprint density at radius 2 is 1.72 bits per heavy atom. The van der Waals surface area contributed by atoms with Crippen LogP contribution in [-0.4, -0.2) is 34.4 Å². The summed E-state index contributed by atoms with van der Waals surface area (Å²) in [4.78, 5) is 13.2. The molecule has 2 unspecified atom stereocenters. The fraction of sp³-hybridized carbons (Fsp3) is 0.407. The predicted molar refractivity (Wildman–Crippen MR) is 124 cm³/mol. The Bertz CT molecular complexity index is 1290. The van der Waals surface area contributed by atoms with Gasteiger partial charge in [-0.15, -0.1) is 0 Å². The van der Waals surface area contributed by atoms with E-state index in [1.165, 1.54) is 24.3 Å². The molecule has 3 fully saturated rings. The topological polar surface area (TPSA) is 75.8 Å². The number of hydrogen-bond donors (Lipinski definition) is 1. The Labute approximate surface area is 205 Å². The summed E-state index contributed by atoms with van der Waals surface area (Å²) in [5, 5.41) is 13.2. The first kappa shape index (κ1) is 23.1. The summed E-state index contributed by atoms with van der Waals surface area (Å²) in [7, 11) is 0. The Balaban J connectivity index is 1.20. The van der Waals surface area contributed by atoms with Crippen molar-refractivity contribution in [2.75, 3.05) is 4.90 Å². The van der Waals surface area contributed by atoms with Crippen molar-refractivity contribution < 1.29 is 32.3 Å². The van der Waals surface area contributed by atoms with Crippen LogP contribution in [0.5, 0.6) is 0 Å². The van der Waals surface area contributed by atoms with Gasteiger partial charge in [-0.25, -0.2) is 18.0 Å². The van der Waals surface area contributed by atoms with Crippen LogP contribution in [0.1, 0.15) is 66.1 Å². The largest absolute Gasteiger partial charge is 0.478 e. The molecule has 2 atom stereocenters. The minimum absolute atomic E-state index is 0.0628. The molecule has 1 aliphatic carbocycles. The van der Waals surface area contributed by atoms with E-state index in [1.807, 2.05) is 0 Å². The van der Waals surface area contributed by atoms with E-state index in [0.717, 1.165) is 31.7 Å². The fourth-order valence-corrected chi connectivity index (χ4v) is 5.76. The lowest BCUT2D eigenvalue weighted by Crippen LogP contribution is -2.46. The van der Waals surface area contributed by atoms with Gasteiger partial charge < -0.3 is 19.3 Å². The van der Waals surface area contributed by atoms with Gasteiger partial charge in [0.1, 0.15) is 28.9 Å². The minimum Gasteiger partial charge on any atom is -0.478 e. The number of hydrogen-bond acceptors (Lipinski definition) is 5. The third-order valence-electron chi connectivity index (χ3n) is 7.59. The van der Waals surface area contributed by atoms with Crippen molar-refractivity contribution in [3.05, 3.63) is 70.7 Å². The lowest BCUT2D eigenvalue weighted by atomic mass is 9.98. The summed E-state index contributed by atoms with van der Waals surface area (Å²) in [5.74, 6) is -2.28. The number of anilines is 1. The first-order chi connectivity index (χ1) is 17.4. The van der Waals surface area contributed by atoms with Crippen LogP contribution in [0.15, 0.2) is 40.9 Å². The molecule has 1 saturated carbocycles. The number of aromatic carboxylic acids is 1. The molecule has 1 aromatic heterocycles. The monoisotopic (exact) mass is 498 g/mol. The Morgan fingerprint density at radius 3 is 2.33 bits per heavy atom. The number of fused-ring (bicyclic) bond motifs is 2. The molecule has 0 spiro atoms. The van der Waals surface area contributed by atoms with E-state index < -0.39 is 23.4 Å². The number of carboxylic acid groups (broad SMARTS) is 1. The van der Waals surface area contributed by atoms with Gasteiger partial charge in [0, 0.05) is 23.6 Å². The molecule has 6 rings (SSSR count). The van der Waals surface area contributed by atoms with E-state index in [0.29, 0.717) is 29.9 Å². The second-order valence-electron chi connectivity index (χ2n) is 9.91. The van der Waals surface area contributed by atoms with Gasteiger partial charge in [-0.3, -0.25) is 0 Å². The van der Waals surface area contributed by atoms with Crippen molar-refractivity contribution in [2.45, 2.75) is 69.2 Å². The number of aromatic nitrogens is 1. The SMILES string of the molecule is O=C(O)c1ccc(N2C3CCC2CC(OCc2c(-c4c(F)cccc4F)noc2C2CC2)C3)c(F)c1. The first-order valence-corrected chi connectivity index (χ1v) is 12.3. The number of halogens is 3. The molecule has 6 nitrogen and oxygen atoms in total. The highest BCUT2D eigenvalue weighted by molar-refractivity contribution is 5.88. The van der Waals surface area contributed by atoms with Crippen LogP contribution in [0.3, 0.4) is 0 Å². The zero-order valence-electron chi connectivity index (χ0n) is 19.4. The molecule has 2 bridgehead atoms. The van der Waals surface area contributed by atoms with E-state index in [9.17, 15) is 18.0 Å².